The molecule has 1 aromatic heterocycles. The van der Waals surface area contributed by atoms with Crippen LogP contribution >= 0.6 is 11.3 Å². The first kappa shape index (κ1) is 12.7. The molecule has 0 aromatic carbocycles. The van der Waals surface area contributed by atoms with E-state index >= 15 is 0 Å². The number of nitrogens with one attached hydrogen (secondary N) is 2. The van der Waals surface area contributed by atoms with E-state index in [4.69, 9.17) is 0 Å². The zero-order valence-electron chi connectivity index (χ0n) is 9.40. The van der Waals surface area contributed by atoms with Gasteiger partial charge in [-0.15, -0.1) is 17.9 Å². The average molecular weight is 239 g/mol. The van der Waals surface area contributed by atoms with Crippen molar-refractivity contribution in [2.24, 2.45) is 0 Å². The Hall–Kier alpha value is -1.36. The van der Waals surface area contributed by atoms with E-state index in [1.165, 1.54) is 11.3 Å². The molecule has 0 spiro atoms. The van der Waals surface area contributed by atoms with Crippen LogP contribution in [-0.2, 0) is 6.54 Å². The van der Waals surface area contributed by atoms with Crippen LogP contribution in [0.1, 0.15) is 24.8 Å². The summed E-state index contributed by atoms with van der Waals surface area (Å²) in [6.45, 7) is 6.18. The lowest BCUT2D eigenvalue weighted by Gasteiger charge is -2.15. The lowest BCUT2D eigenvalue weighted by atomic mass is 10.1. The first-order valence-electron chi connectivity index (χ1n) is 5.29. The number of amides is 2. The van der Waals surface area contributed by atoms with Crippen molar-refractivity contribution in [2.75, 3.05) is 0 Å². The molecule has 0 fully saturated rings. The summed E-state index contributed by atoms with van der Waals surface area (Å²) in [6.07, 6.45) is 5.24. The third kappa shape index (κ3) is 4.44. The van der Waals surface area contributed by atoms with Crippen molar-refractivity contribution in [1.29, 1.82) is 0 Å². The quantitative estimate of drug-likeness (QED) is 0.748. The van der Waals surface area contributed by atoms with Gasteiger partial charge in [0.1, 0.15) is 5.01 Å². The second-order valence-electron chi connectivity index (χ2n) is 3.38. The highest BCUT2D eigenvalue weighted by Gasteiger charge is 2.08. The van der Waals surface area contributed by atoms with Crippen molar-refractivity contribution < 1.29 is 4.79 Å². The minimum Gasteiger partial charge on any atom is -0.335 e. The minimum atomic E-state index is -0.149. The maximum Gasteiger partial charge on any atom is 0.315 e. The molecule has 0 aliphatic heterocycles. The van der Waals surface area contributed by atoms with E-state index in [9.17, 15) is 4.79 Å². The summed E-state index contributed by atoms with van der Waals surface area (Å²) in [5, 5.41) is 8.46. The molecule has 2 N–H and O–H groups in total. The fraction of sp³-hybridized carbons (Fsp3) is 0.455. The van der Waals surface area contributed by atoms with Crippen molar-refractivity contribution >= 4 is 17.4 Å². The summed E-state index contributed by atoms with van der Waals surface area (Å²) in [7, 11) is 0. The Labute approximate surface area is 99.8 Å². The van der Waals surface area contributed by atoms with Crippen molar-refractivity contribution in [3.05, 3.63) is 29.2 Å². The number of rotatable bonds is 6. The largest absolute Gasteiger partial charge is 0.335 e. The van der Waals surface area contributed by atoms with Crippen LogP contribution in [0.25, 0.3) is 0 Å². The maximum atomic E-state index is 11.5. The van der Waals surface area contributed by atoms with Crippen LogP contribution in [0.2, 0.25) is 0 Å². The number of hydrogen-bond acceptors (Lipinski definition) is 3. The molecule has 2 amide bonds. The molecule has 0 radical (unpaired) electrons. The van der Waals surface area contributed by atoms with Crippen molar-refractivity contribution in [3.8, 4) is 0 Å². The van der Waals surface area contributed by atoms with Gasteiger partial charge in [-0.1, -0.05) is 13.0 Å². The number of carbonyl (C=O) groups excluding carboxylic acids is 1. The highest BCUT2D eigenvalue weighted by molar-refractivity contribution is 7.09. The molecule has 0 unspecified atom stereocenters. The topological polar surface area (TPSA) is 54.0 Å². The van der Waals surface area contributed by atoms with E-state index in [-0.39, 0.29) is 12.1 Å². The monoisotopic (exact) mass is 239 g/mol. The summed E-state index contributed by atoms with van der Waals surface area (Å²) in [5.74, 6) is 0. The molecule has 0 bridgehead atoms. The third-order valence-corrected chi connectivity index (χ3v) is 2.94. The van der Waals surface area contributed by atoms with Gasteiger partial charge in [-0.3, -0.25) is 0 Å². The van der Waals surface area contributed by atoms with Crippen LogP contribution in [0.15, 0.2) is 24.2 Å². The highest BCUT2D eigenvalue weighted by atomic mass is 32.1. The van der Waals surface area contributed by atoms with Gasteiger partial charge >= 0.3 is 6.03 Å². The number of aromatic nitrogens is 1. The summed E-state index contributed by atoms with van der Waals surface area (Å²) < 4.78 is 0. The molecule has 1 aromatic rings. The minimum absolute atomic E-state index is 0.149. The summed E-state index contributed by atoms with van der Waals surface area (Å²) in [4.78, 5) is 15.6. The van der Waals surface area contributed by atoms with Crippen LogP contribution in [0.3, 0.4) is 0 Å². The molecule has 88 valence electrons. The molecule has 0 saturated carbocycles. The highest BCUT2D eigenvalue weighted by Crippen LogP contribution is 2.02. The van der Waals surface area contributed by atoms with Crippen molar-refractivity contribution in [2.45, 2.75) is 32.4 Å². The van der Waals surface area contributed by atoms with Crippen LogP contribution < -0.4 is 10.6 Å². The molecule has 0 aliphatic rings. The Balaban J connectivity index is 2.26. The van der Waals surface area contributed by atoms with E-state index in [1.807, 2.05) is 18.4 Å². The van der Waals surface area contributed by atoms with Gasteiger partial charge in [-0.05, 0) is 12.8 Å². The Morgan fingerprint density at radius 1 is 1.75 bits per heavy atom. The second-order valence-corrected chi connectivity index (χ2v) is 4.36. The Kier molecular flexibility index (Phi) is 5.56. The Bertz CT molecular complexity index is 324. The van der Waals surface area contributed by atoms with Crippen LogP contribution in [0.4, 0.5) is 4.79 Å². The molecular weight excluding hydrogens is 222 g/mol. The summed E-state index contributed by atoms with van der Waals surface area (Å²) in [6, 6.07) is 0.0118. The predicted molar refractivity (Wildman–Crippen MR) is 66.4 cm³/mol. The Morgan fingerprint density at radius 3 is 3.12 bits per heavy atom. The first-order chi connectivity index (χ1) is 7.76. The third-order valence-electron chi connectivity index (χ3n) is 2.16. The molecule has 0 saturated heterocycles. The fourth-order valence-electron chi connectivity index (χ4n) is 1.26. The molecule has 4 nitrogen and oxygen atoms in total. The molecule has 5 heteroatoms. The van der Waals surface area contributed by atoms with Gasteiger partial charge in [0.2, 0.25) is 0 Å². The fourth-order valence-corrected chi connectivity index (χ4v) is 1.82. The second kappa shape index (κ2) is 7.00. The SMILES string of the molecule is C=CC[C@H](CC)NC(=O)NCc1nccs1. The smallest absolute Gasteiger partial charge is 0.315 e. The zero-order chi connectivity index (χ0) is 11.8. The number of hydrogen-bond donors (Lipinski definition) is 2. The normalized spacial score (nSPS) is 11.8. The molecule has 16 heavy (non-hydrogen) atoms. The summed E-state index contributed by atoms with van der Waals surface area (Å²) >= 11 is 1.53. The standard InChI is InChI=1S/C11H17N3OS/c1-3-5-9(4-2)14-11(15)13-8-10-12-6-7-16-10/h3,6-7,9H,1,4-5,8H2,2H3,(H2,13,14,15)/t9-/m0/s1. The first-order valence-corrected chi connectivity index (χ1v) is 6.17. The molecular formula is C11H17N3OS. The molecule has 1 heterocycles. The number of urea groups is 1. The van der Waals surface area contributed by atoms with Crippen molar-refractivity contribution in [1.82, 2.24) is 15.6 Å². The van der Waals surface area contributed by atoms with Crippen LogP contribution in [0, 0.1) is 0 Å². The van der Waals surface area contributed by atoms with Gasteiger partial charge in [-0.2, -0.15) is 0 Å². The molecule has 1 atom stereocenters. The van der Waals surface area contributed by atoms with Gasteiger partial charge < -0.3 is 10.6 Å². The van der Waals surface area contributed by atoms with Gasteiger partial charge in [0.05, 0.1) is 6.54 Å². The zero-order valence-corrected chi connectivity index (χ0v) is 10.2. The van der Waals surface area contributed by atoms with Crippen LogP contribution in [0.5, 0.6) is 0 Å². The summed E-state index contributed by atoms with van der Waals surface area (Å²) in [5.41, 5.74) is 0. The predicted octanol–water partition coefficient (Wildman–Crippen LogP) is 2.30. The van der Waals surface area contributed by atoms with Crippen molar-refractivity contribution in [3.63, 3.8) is 0 Å². The van der Waals surface area contributed by atoms with Gasteiger partial charge in [0.15, 0.2) is 0 Å². The van der Waals surface area contributed by atoms with Gasteiger partial charge in [0.25, 0.3) is 0 Å². The lowest BCUT2D eigenvalue weighted by molar-refractivity contribution is 0.236. The lowest BCUT2D eigenvalue weighted by Crippen LogP contribution is -2.41. The van der Waals surface area contributed by atoms with E-state index in [1.54, 1.807) is 6.20 Å². The number of nitrogens with zero attached hydrogens (tertiary/aromatic N) is 1. The van der Waals surface area contributed by atoms with E-state index in [0.29, 0.717) is 6.54 Å². The van der Waals surface area contributed by atoms with E-state index < -0.39 is 0 Å². The van der Waals surface area contributed by atoms with E-state index in [2.05, 4.69) is 22.2 Å². The average Bonchev–Trinajstić information content (AvgIpc) is 2.78. The Morgan fingerprint density at radius 2 is 2.56 bits per heavy atom. The number of carbonyl (C=O) groups is 1. The number of thiazole rings is 1. The van der Waals surface area contributed by atoms with E-state index in [0.717, 1.165) is 17.8 Å². The molecule has 1 rings (SSSR count). The van der Waals surface area contributed by atoms with Gasteiger partial charge in [0, 0.05) is 17.6 Å². The van der Waals surface area contributed by atoms with Gasteiger partial charge in [-0.25, -0.2) is 9.78 Å². The molecule has 0 aliphatic carbocycles. The maximum absolute atomic E-state index is 11.5. The van der Waals surface area contributed by atoms with Crippen LogP contribution in [-0.4, -0.2) is 17.1 Å².